The molecule has 0 amide bonds. The Hall–Kier alpha value is -1.63. The average molecular weight is 282 g/mol. The summed E-state index contributed by atoms with van der Waals surface area (Å²) in [6.45, 7) is 14.8. The minimum absolute atomic E-state index is 0.0518. The number of rotatable bonds is 1. The largest absolute Gasteiger partial charge is 0.295 e. The number of hydrogen-bond acceptors (Lipinski definition) is 1. The Labute approximate surface area is 128 Å². The van der Waals surface area contributed by atoms with Crippen LogP contribution in [-0.4, -0.2) is 5.78 Å². The molecule has 1 heteroatoms. The number of carbonyl (C=O) groups is 1. The van der Waals surface area contributed by atoms with E-state index < -0.39 is 0 Å². The number of ketones is 1. The molecule has 112 valence electrons. The number of benzene rings is 2. The molecule has 2 rings (SSSR count). The first kappa shape index (κ1) is 15.8. The first-order valence-electron chi connectivity index (χ1n) is 7.60. The van der Waals surface area contributed by atoms with Gasteiger partial charge in [-0.15, -0.1) is 0 Å². The molecule has 0 saturated heterocycles. The molecule has 1 nitrogen and oxygen atoms in total. The Morgan fingerprint density at radius 1 is 0.857 bits per heavy atom. The molecular weight excluding hydrogens is 256 g/mol. The summed E-state index contributed by atoms with van der Waals surface area (Å²) >= 11 is 0. The van der Waals surface area contributed by atoms with Crippen molar-refractivity contribution in [2.75, 3.05) is 0 Å². The molecule has 0 heterocycles. The van der Waals surface area contributed by atoms with Gasteiger partial charge in [-0.2, -0.15) is 0 Å². The maximum atomic E-state index is 12.0. The van der Waals surface area contributed by atoms with E-state index in [2.05, 4.69) is 65.8 Å². The Balaban J connectivity index is 2.83. The lowest BCUT2D eigenvalue weighted by Crippen LogP contribution is -2.17. The maximum absolute atomic E-state index is 12.0. The highest BCUT2D eigenvalue weighted by Gasteiger charge is 2.23. The van der Waals surface area contributed by atoms with Gasteiger partial charge in [0.15, 0.2) is 5.78 Å². The summed E-state index contributed by atoms with van der Waals surface area (Å²) in [4.78, 5) is 12.0. The molecule has 0 bridgehead atoms. The first-order valence-corrected chi connectivity index (χ1v) is 7.60. The van der Waals surface area contributed by atoms with Crippen molar-refractivity contribution in [1.82, 2.24) is 0 Å². The van der Waals surface area contributed by atoms with Gasteiger partial charge in [-0.1, -0.05) is 71.9 Å². The molecule has 0 aliphatic heterocycles. The fourth-order valence-electron chi connectivity index (χ4n) is 2.90. The van der Waals surface area contributed by atoms with Gasteiger partial charge in [0.05, 0.1) is 0 Å². The van der Waals surface area contributed by atoms with Gasteiger partial charge in [0.2, 0.25) is 0 Å². The van der Waals surface area contributed by atoms with Crippen LogP contribution in [0.4, 0.5) is 0 Å². The molecule has 0 aromatic heterocycles. The maximum Gasteiger partial charge on any atom is 0.160 e. The van der Waals surface area contributed by atoms with Crippen molar-refractivity contribution in [2.45, 2.75) is 59.3 Å². The second-order valence-corrected chi connectivity index (χ2v) is 7.98. The quantitative estimate of drug-likeness (QED) is 0.619. The van der Waals surface area contributed by atoms with E-state index in [9.17, 15) is 4.79 Å². The summed E-state index contributed by atoms with van der Waals surface area (Å²) in [5, 5.41) is 2.42. The van der Waals surface area contributed by atoms with E-state index in [1.807, 2.05) is 6.07 Å². The minimum atomic E-state index is -0.0518. The highest BCUT2D eigenvalue weighted by Crippen LogP contribution is 2.35. The summed E-state index contributed by atoms with van der Waals surface area (Å²) in [7, 11) is 0. The molecule has 0 aliphatic carbocycles. The third-order valence-electron chi connectivity index (χ3n) is 4.02. The lowest BCUT2D eigenvalue weighted by Gasteiger charge is -2.26. The van der Waals surface area contributed by atoms with Crippen LogP contribution in [0, 0.1) is 0 Å². The Morgan fingerprint density at radius 2 is 1.48 bits per heavy atom. The van der Waals surface area contributed by atoms with E-state index in [1.165, 1.54) is 16.3 Å². The normalized spacial score (nSPS) is 12.7. The highest BCUT2D eigenvalue weighted by molar-refractivity contribution is 6.02. The fraction of sp³-hybridized carbons (Fsp3) is 0.450. The summed E-state index contributed by atoms with van der Waals surface area (Å²) in [6, 6.07) is 10.7. The smallest absolute Gasteiger partial charge is 0.160 e. The van der Waals surface area contributed by atoms with E-state index in [1.54, 1.807) is 6.92 Å². The molecule has 2 aromatic carbocycles. The van der Waals surface area contributed by atoms with Crippen molar-refractivity contribution < 1.29 is 4.79 Å². The van der Waals surface area contributed by atoms with Gasteiger partial charge in [-0.3, -0.25) is 4.79 Å². The van der Waals surface area contributed by atoms with Crippen molar-refractivity contribution >= 4 is 16.6 Å². The molecule has 0 fully saturated rings. The number of hydrogen-bond donors (Lipinski definition) is 0. The van der Waals surface area contributed by atoms with Crippen LogP contribution in [0.5, 0.6) is 0 Å². The zero-order chi connectivity index (χ0) is 16.0. The second kappa shape index (κ2) is 4.98. The second-order valence-electron chi connectivity index (χ2n) is 7.98. The van der Waals surface area contributed by atoms with Gasteiger partial charge in [-0.25, -0.2) is 0 Å². The highest BCUT2D eigenvalue weighted by atomic mass is 16.1. The van der Waals surface area contributed by atoms with E-state index in [4.69, 9.17) is 0 Å². The summed E-state index contributed by atoms with van der Waals surface area (Å²) in [6.07, 6.45) is 0. The van der Waals surface area contributed by atoms with Crippen molar-refractivity contribution in [2.24, 2.45) is 0 Å². The summed E-state index contributed by atoms with van der Waals surface area (Å²) in [5.74, 6) is 0.140. The summed E-state index contributed by atoms with van der Waals surface area (Å²) in [5.41, 5.74) is 3.41. The third-order valence-corrected chi connectivity index (χ3v) is 4.02. The molecule has 0 aliphatic rings. The zero-order valence-corrected chi connectivity index (χ0v) is 14.3. The molecule has 0 saturated carbocycles. The molecule has 0 spiro atoms. The molecule has 0 radical (unpaired) electrons. The van der Waals surface area contributed by atoms with Gasteiger partial charge in [-0.05, 0) is 39.7 Å². The molecule has 21 heavy (non-hydrogen) atoms. The van der Waals surface area contributed by atoms with Crippen LogP contribution < -0.4 is 0 Å². The van der Waals surface area contributed by atoms with Gasteiger partial charge in [0.25, 0.3) is 0 Å². The lowest BCUT2D eigenvalue weighted by atomic mass is 9.78. The molecule has 2 aromatic rings. The Kier molecular flexibility index (Phi) is 3.73. The lowest BCUT2D eigenvalue weighted by molar-refractivity contribution is 0.101. The predicted octanol–water partition coefficient (Wildman–Crippen LogP) is 5.64. The van der Waals surface area contributed by atoms with Gasteiger partial charge >= 0.3 is 0 Å². The van der Waals surface area contributed by atoms with Crippen molar-refractivity contribution in [1.29, 1.82) is 0 Å². The van der Waals surface area contributed by atoms with E-state index in [0.29, 0.717) is 0 Å². The molecule has 0 atom stereocenters. The van der Waals surface area contributed by atoms with Gasteiger partial charge in [0.1, 0.15) is 0 Å². The van der Waals surface area contributed by atoms with Crippen LogP contribution in [-0.2, 0) is 10.8 Å². The SMILES string of the molecule is CC(=O)c1ccc2cc(C(C)(C)C)ccc2c1C(C)(C)C. The van der Waals surface area contributed by atoms with Crippen molar-refractivity contribution in [3.05, 3.63) is 47.0 Å². The average Bonchev–Trinajstić information content (AvgIpc) is 2.34. The van der Waals surface area contributed by atoms with Crippen LogP contribution in [0.3, 0.4) is 0 Å². The molecule has 0 unspecified atom stereocenters. The molecule has 0 N–H and O–H groups in total. The van der Waals surface area contributed by atoms with Gasteiger partial charge in [0, 0.05) is 5.56 Å². The van der Waals surface area contributed by atoms with Crippen molar-refractivity contribution in [3.63, 3.8) is 0 Å². The van der Waals surface area contributed by atoms with E-state index in [0.717, 1.165) is 11.1 Å². The van der Waals surface area contributed by atoms with Crippen LogP contribution >= 0.6 is 0 Å². The number of carbonyl (C=O) groups excluding carboxylic acids is 1. The van der Waals surface area contributed by atoms with Gasteiger partial charge < -0.3 is 0 Å². The topological polar surface area (TPSA) is 17.1 Å². The predicted molar refractivity (Wildman–Crippen MR) is 91.4 cm³/mol. The van der Waals surface area contributed by atoms with Crippen LogP contribution in [0.25, 0.3) is 10.8 Å². The number of fused-ring (bicyclic) bond motifs is 1. The van der Waals surface area contributed by atoms with E-state index in [-0.39, 0.29) is 16.6 Å². The monoisotopic (exact) mass is 282 g/mol. The standard InChI is InChI=1S/C20H26O/c1-13(21)16-10-8-14-12-15(19(2,3)4)9-11-17(14)18(16)20(5,6)7/h8-12H,1-7H3. The van der Waals surface area contributed by atoms with Crippen LogP contribution in [0.1, 0.15) is 70.0 Å². The minimum Gasteiger partial charge on any atom is -0.295 e. The van der Waals surface area contributed by atoms with Crippen LogP contribution in [0.2, 0.25) is 0 Å². The van der Waals surface area contributed by atoms with Crippen LogP contribution in [0.15, 0.2) is 30.3 Å². The van der Waals surface area contributed by atoms with E-state index >= 15 is 0 Å². The first-order chi connectivity index (χ1) is 9.51. The number of Topliss-reactive ketones (excluding diaryl/α,β-unsaturated/α-hetero) is 1. The third kappa shape index (κ3) is 3.02. The zero-order valence-electron chi connectivity index (χ0n) is 14.3. The van der Waals surface area contributed by atoms with Crippen molar-refractivity contribution in [3.8, 4) is 0 Å². The Bertz CT molecular complexity index is 694. The summed E-state index contributed by atoms with van der Waals surface area (Å²) < 4.78 is 0. The fourth-order valence-corrected chi connectivity index (χ4v) is 2.90. The molecular formula is C20H26O. The Morgan fingerprint density at radius 3 is 1.95 bits per heavy atom.